The third-order valence-electron chi connectivity index (χ3n) is 3.55. The number of halogens is 2. The number of hydrogen-bond acceptors (Lipinski definition) is 1. The van der Waals surface area contributed by atoms with Gasteiger partial charge in [0, 0.05) is 11.6 Å². The van der Waals surface area contributed by atoms with Gasteiger partial charge in [-0.25, -0.2) is 8.78 Å². The molecule has 0 heterocycles. The molecule has 3 heteroatoms. The molecule has 0 aliphatic carbocycles. The summed E-state index contributed by atoms with van der Waals surface area (Å²) in [5, 5.41) is 0. The summed E-state index contributed by atoms with van der Waals surface area (Å²) in [6.45, 7) is 0. The highest BCUT2D eigenvalue weighted by molar-refractivity contribution is 5.83. The predicted octanol–water partition coefficient (Wildman–Crippen LogP) is 5.31. The standard InChI is InChI=1S/C19H14F2O/c1-22-15-10-11-18(19(21)12-15)17-5-3-2-4-16(17)13-6-8-14(20)9-7-13/h2-12H,1H3. The Morgan fingerprint density at radius 1 is 0.727 bits per heavy atom. The fourth-order valence-electron chi connectivity index (χ4n) is 2.44. The lowest BCUT2D eigenvalue weighted by Gasteiger charge is -2.12. The summed E-state index contributed by atoms with van der Waals surface area (Å²) in [4.78, 5) is 0. The van der Waals surface area contributed by atoms with Crippen molar-refractivity contribution >= 4 is 0 Å². The maximum absolute atomic E-state index is 14.3. The highest BCUT2D eigenvalue weighted by Crippen LogP contribution is 2.34. The molecule has 0 bridgehead atoms. The second-order valence-electron chi connectivity index (χ2n) is 4.90. The van der Waals surface area contributed by atoms with E-state index in [1.807, 2.05) is 24.3 Å². The first kappa shape index (κ1) is 14.3. The van der Waals surface area contributed by atoms with Crippen LogP contribution in [0, 0.1) is 11.6 Å². The monoisotopic (exact) mass is 296 g/mol. The third kappa shape index (κ3) is 2.70. The van der Waals surface area contributed by atoms with E-state index >= 15 is 0 Å². The molecule has 3 aromatic rings. The van der Waals surface area contributed by atoms with Gasteiger partial charge < -0.3 is 4.74 Å². The minimum atomic E-state index is -0.353. The van der Waals surface area contributed by atoms with Gasteiger partial charge in [-0.3, -0.25) is 0 Å². The SMILES string of the molecule is COc1ccc(-c2ccccc2-c2ccc(F)cc2)c(F)c1. The fourth-order valence-corrected chi connectivity index (χ4v) is 2.44. The topological polar surface area (TPSA) is 9.23 Å². The van der Waals surface area contributed by atoms with Crippen LogP contribution >= 0.6 is 0 Å². The van der Waals surface area contributed by atoms with Crippen molar-refractivity contribution in [2.24, 2.45) is 0 Å². The largest absolute Gasteiger partial charge is 0.497 e. The molecule has 1 nitrogen and oxygen atoms in total. The van der Waals surface area contributed by atoms with Crippen LogP contribution in [0.2, 0.25) is 0 Å². The molecule has 3 aromatic carbocycles. The van der Waals surface area contributed by atoms with Gasteiger partial charge in [0.15, 0.2) is 0 Å². The minimum absolute atomic E-state index is 0.295. The Hall–Kier alpha value is -2.68. The van der Waals surface area contributed by atoms with E-state index in [1.165, 1.54) is 25.3 Å². The van der Waals surface area contributed by atoms with Crippen LogP contribution in [0.4, 0.5) is 8.78 Å². The van der Waals surface area contributed by atoms with Crippen LogP contribution in [0.1, 0.15) is 0 Å². The molecular weight excluding hydrogens is 282 g/mol. The molecule has 0 unspecified atom stereocenters. The van der Waals surface area contributed by atoms with Crippen LogP contribution in [0.5, 0.6) is 5.75 Å². The number of ether oxygens (including phenoxy) is 1. The van der Waals surface area contributed by atoms with E-state index in [1.54, 1.807) is 24.3 Å². The van der Waals surface area contributed by atoms with Crippen molar-refractivity contribution in [3.05, 3.63) is 78.4 Å². The van der Waals surface area contributed by atoms with Crippen molar-refractivity contribution in [1.82, 2.24) is 0 Å². The summed E-state index contributed by atoms with van der Waals surface area (Å²) in [5.41, 5.74) is 2.94. The van der Waals surface area contributed by atoms with E-state index in [0.29, 0.717) is 11.3 Å². The lowest BCUT2D eigenvalue weighted by Crippen LogP contribution is -1.91. The zero-order valence-corrected chi connectivity index (χ0v) is 12.0. The Morgan fingerprint density at radius 2 is 1.41 bits per heavy atom. The average molecular weight is 296 g/mol. The van der Waals surface area contributed by atoms with Crippen LogP contribution in [-0.4, -0.2) is 7.11 Å². The van der Waals surface area contributed by atoms with Gasteiger partial charge in [-0.15, -0.1) is 0 Å². The first-order valence-corrected chi connectivity index (χ1v) is 6.88. The van der Waals surface area contributed by atoms with Crippen LogP contribution in [0.3, 0.4) is 0 Å². The van der Waals surface area contributed by atoms with Crippen LogP contribution < -0.4 is 4.74 Å². The van der Waals surface area contributed by atoms with Gasteiger partial charge in [0.25, 0.3) is 0 Å². The van der Waals surface area contributed by atoms with Crippen molar-refractivity contribution in [3.63, 3.8) is 0 Å². The summed E-state index contributed by atoms with van der Waals surface area (Å²) >= 11 is 0. The molecule has 0 radical (unpaired) electrons. The van der Waals surface area contributed by atoms with E-state index < -0.39 is 0 Å². The Labute approximate surface area is 127 Å². The van der Waals surface area contributed by atoms with E-state index in [-0.39, 0.29) is 11.6 Å². The van der Waals surface area contributed by atoms with Gasteiger partial charge >= 0.3 is 0 Å². The Kier molecular flexibility index (Phi) is 3.88. The van der Waals surface area contributed by atoms with Gasteiger partial charge in [0.1, 0.15) is 17.4 Å². The molecule has 22 heavy (non-hydrogen) atoms. The fraction of sp³-hybridized carbons (Fsp3) is 0.0526. The summed E-state index contributed by atoms with van der Waals surface area (Å²) < 4.78 is 32.5. The number of hydrogen-bond donors (Lipinski definition) is 0. The van der Waals surface area contributed by atoms with Crippen molar-refractivity contribution in [2.45, 2.75) is 0 Å². The van der Waals surface area contributed by atoms with Gasteiger partial charge in [-0.2, -0.15) is 0 Å². The van der Waals surface area contributed by atoms with Crippen LogP contribution in [0.15, 0.2) is 66.7 Å². The molecule has 0 amide bonds. The highest BCUT2D eigenvalue weighted by Gasteiger charge is 2.11. The van der Waals surface area contributed by atoms with Crippen molar-refractivity contribution < 1.29 is 13.5 Å². The quantitative estimate of drug-likeness (QED) is 0.636. The lowest BCUT2D eigenvalue weighted by molar-refractivity contribution is 0.411. The van der Waals surface area contributed by atoms with Gasteiger partial charge in [-0.1, -0.05) is 36.4 Å². The summed E-state index contributed by atoms with van der Waals surface area (Å²) in [7, 11) is 1.50. The summed E-state index contributed by atoms with van der Waals surface area (Å²) in [6.07, 6.45) is 0. The highest BCUT2D eigenvalue weighted by atomic mass is 19.1. The Morgan fingerprint density at radius 3 is 2.05 bits per heavy atom. The minimum Gasteiger partial charge on any atom is -0.497 e. The molecule has 110 valence electrons. The van der Waals surface area contributed by atoms with Gasteiger partial charge in [0.2, 0.25) is 0 Å². The zero-order valence-electron chi connectivity index (χ0n) is 12.0. The van der Waals surface area contributed by atoms with E-state index in [4.69, 9.17) is 4.74 Å². The molecular formula is C19H14F2O. The first-order chi connectivity index (χ1) is 10.7. The lowest BCUT2D eigenvalue weighted by atomic mass is 9.94. The number of benzene rings is 3. The molecule has 0 aromatic heterocycles. The zero-order chi connectivity index (χ0) is 15.5. The van der Waals surface area contributed by atoms with E-state index in [0.717, 1.165) is 16.7 Å². The maximum Gasteiger partial charge on any atom is 0.134 e. The normalized spacial score (nSPS) is 10.5. The number of rotatable bonds is 3. The van der Waals surface area contributed by atoms with Crippen molar-refractivity contribution in [2.75, 3.05) is 7.11 Å². The molecule has 0 saturated heterocycles. The molecule has 0 N–H and O–H groups in total. The van der Waals surface area contributed by atoms with Crippen LogP contribution in [-0.2, 0) is 0 Å². The summed E-state index contributed by atoms with van der Waals surface area (Å²) in [5.74, 6) is -0.175. The smallest absolute Gasteiger partial charge is 0.134 e. The second-order valence-corrected chi connectivity index (χ2v) is 4.90. The van der Waals surface area contributed by atoms with E-state index in [9.17, 15) is 8.78 Å². The van der Waals surface area contributed by atoms with Crippen molar-refractivity contribution in [1.29, 1.82) is 0 Å². The molecule has 3 rings (SSSR count). The average Bonchev–Trinajstić information content (AvgIpc) is 2.55. The predicted molar refractivity (Wildman–Crippen MR) is 83.8 cm³/mol. The van der Waals surface area contributed by atoms with Crippen LogP contribution in [0.25, 0.3) is 22.3 Å². The third-order valence-corrected chi connectivity index (χ3v) is 3.55. The molecule has 0 aliphatic heterocycles. The molecule has 0 saturated carbocycles. The van der Waals surface area contributed by atoms with Crippen molar-refractivity contribution in [3.8, 4) is 28.0 Å². The Balaban J connectivity index is 2.14. The summed E-state index contributed by atoms with van der Waals surface area (Å²) in [6, 6.07) is 18.4. The molecule has 0 spiro atoms. The number of methoxy groups -OCH3 is 1. The Bertz CT molecular complexity index is 795. The maximum atomic E-state index is 14.3. The molecule has 0 aliphatic rings. The molecule has 0 atom stereocenters. The second kappa shape index (κ2) is 5.98. The first-order valence-electron chi connectivity index (χ1n) is 6.88. The van der Waals surface area contributed by atoms with Gasteiger partial charge in [-0.05, 0) is 41.0 Å². The molecule has 0 fully saturated rings. The van der Waals surface area contributed by atoms with E-state index in [2.05, 4.69) is 0 Å². The van der Waals surface area contributed by atoms with Gasteiger partial charge in [0.05, 0.1) is 7.11 Å².